The minimum atomic E-state index is -0.839. The lowest BCUT2D eigenvalue weighted by Gasteiger charge is -2.16. The lowest BCUT2D eigenvalue weighted by Crippen LogP contribution is -2.01. The fourth-order valence-electron chi connectivity index (χ4n) is 2.35. The summed E-state index contributed by atoms with van der Waals surface area (Å²) in [5.41, 5.74) is 3.08. The van der Waals surface area contributed by atoms with Gasteiger partial charge >= 0.3 is 0 Å². The maximum Gasteiger partial charge on any atom is 0.163 e. The first-order valence-corrected chi connectivity index (χ1v) is 7.10. The number of ether oxygens (including phenoxy) is 1. The minimum absolute atomic E-state index is 0.286. The lowest BCUT2D eigenvalue weighted by molar-refractivity contribution is 0.408. The van der Waals surface area contributed by atoms with E-state index in [-0.39, 0.29) is 5.56 Å². The molecule has 0 bridgehead atoms. The maximum atomic E-state index is 13.9. The van der Waals surface area contributed by atoms with Crippen LogP contribution in [0.3, 0.4) is 0 Å². The van der Waals surface area contributed by atoms with Crippen LogP contribution in [0.25, 0.3) is 0 Å². The number of alkyl halides is 1. The summed E-state index contributed by atoms with van der Waals surface area (Å²) in [5, 5.41) is 0. The Morgan fingerprint density at radius 3 is 2.25 bits per heavy atom. The lowest BCUT2D eigenvalue weighted by atomic mass is 9.99. The summed E-state index contributed by atoms with van der Waals surface area (Å²) in [6, 6.07) is 8.02. The van der Waals surface area contributed by atoms with Crippen LogP contribution in [0, 0.1) is 25.5 Å². The van der Waals surface area contributed by atoms with Gasteiger partial charge in [-0.1, -0.05) is 40.2 Å². The first-order valence-electron chi connectivity index (χ1n) is 6.18. The molecule has 0 radical (unpaired) electrons. The largest absolute Gasteiger partial charge is 0.496 e. The molecule has 1 atom stereocenters. The van der Waals surface area contributed by atoms with Gasteiger partial charge in [0.25, 0.3) is 0 Å². The van der Waals surface area contributed by atoms with Crippen LogP contribution >= 0.6 is 15.9 Å². The second-order valence-electron chi connectivity index (χ2n) is 4.69. The molecule has 2 rings (SSSR count). The van der Waals surface area contributed by atoms with Gasteiger partial charge in [0.15, 0.2) is 11.6 Å². The summed E-state index contributed by atoms with van der Waals surface area (Å²) in [7, 11) is 1.62. The van der Waals surface area contributed by atoms with Gasteiger partial charge in [-0.2, -0.15) is 0 Å². The summed E-state index contributed by atoms with van der Waals surface area (Å²) in [4.78, 5) is -0.401. The van der Waals surface area contributed by atoms with Crippen LogP contribution in [0.5, 0.6) is 5.75 Å². The van der Waals surface area contributed by atoms with Crippen molar-refractivity contribution in [3.05, 3.63) is 64.2 Å². The van der Waals surface area contributed by atoms with Crippen LogP contribution in [0.4, 0.5) is 8.78 Å². The molecule has 0 amide bonds. The fourth-order valence-corrected chi connectivity index (χ4v) is 2.97. The zero-order chi connectivity index (χ0) is 14.9. The van der Waals surface area contributed by atoms with E-state index in [0.717, 1.165) is 28.5 Å². The molecule has 2 aromatic rings. The molecule has 0 saturated carbocycles. The predicted molar refractivity (Wildman–Crippen MR) is 79.6 cm³/mol. The average Bonchev–Trinajstić information content (AvgIpc) is 2.41. The van der Waals surface area contributed by atoms with Crippen LogP contribution in [0.15, 0.2) is 30.3 Å². The molecule has 0 aromatic heterocycles. The molecule has 0 heterocycles. The highest BCUT2D eigenvalue weighted by Crippen LogP contribution is 2.36. The van der Waals surface area contributed by atoms with Crippen LogP contribution in [0.1, 0.15) is 27.1 Å². The second kappa shape index (κ2) is 5.92. The van der Waals surface area contributed by atoms with Crippen molar-refractivity contribution in [3.8, 4) is 5.75 Å². The van der Waals surface area contributed by atoms with Gasteiger partial charge < -0.3 is 4.74 Å². The number of rotatable bonds is 3. The third kappa shape index (κ3) is 2.70. The molecule has 0 spiro atoms. The zero-order valence-corrected chi connectivity index (χ0v) is 13.1. The summed E-state index contributed by atoms with van der Waals surface area (Å²) < 4.78 is 32.5. The van der Waals surface area contributed by atoms with Crippen molar-refractivity contribution in [1.82, 2.24) is 0 Å². The number of aryl methyl sites for hydroxylation is 2. The first kappa shape index (κ1) is 15.0. The summed E-state index contributed by atoms with van der Waals surface area (Å²) in [6.07, 6.45) is 0. The molecule has 0 saturated heterocycles. The molecule has 0 aliphatic heterocycles. The number of halogens is 3. The van der Waals surface area contributed by atoms with E-state index in [1.54, 1.807) is 13.2 Å². The fraction of sp³-hybridized carbons (Fsp3) is 0.250. The van der Waals surface area contributed by atoms with Gasteiger partial charge in [0.2, 0.25) is 0 Å². The van der Waals surface area contributed by atoms with Crippen molar-refractivity contribution < 1.29 is 13.5 Å². The highest BCUT2D eigenvalue weighted by molar-refractivity contribution is 9.09. The molecule has 0 fully saturated rings. The van der Waals surface area contributed by atoms with E-state index in [4.69, 9.17) is 4.74 Å². The van der Waals surface area contributed by atoms with Crippen molar-refractivity contribution in [2.75, 3.05) is 7.11 Å². The maximum absolute atomic E-state index is 13.9. The standard InChI is InChI=1S/C16H15BrF2O/c1-9-7-11(8-10(2)16(9)20-3)14(17)12-5-4-6-13(18)15(12)19/h4-8,14H,1-3H3. The first-order chi connectivity index (χ1) is 9.45. The van der Waals surface area contributed by atoms with Crippen molar-refractivity contribution in [3.63, 3.8) is 0 Å². The molecule has 2 aromatic carbocycles. The smallest absolute Gasteiger partial charge is 0.163 e. The van der Waals surface area contributed by atoms with Gasteiger partial charge in [-0.25, -0.2) is 8.78 Å². The minimum Gasteiger partial charge on any atom is -0.496 e. The van der Waals surface area contributed by atoms with Crippen LogP contribution < -0.4 is 4.74 Å². The Morgan fingerprint density at radius 2 is 1.70 bits per heavy atom. The van der Waals surface area contributed by atoms with Gasteiger partial charge in [0.1, 0.15) is 5.75 Å². The third-order valence-electron chi connectivity index (χ3n) is 3.23. The average molecular weight is 341 g/mol. The molecular weight excluding hydrogens is 326 g/mol. The van der Waals surface area contributed by atoms with Gasteiger partial charge in [0.05, 0.1) is 11.9 Å². The molecule has 0 aliphatic carbocycles. The number of methoxy groups -OCH3 is 1. The third-order valence-corrected chi connectivity index (χ3v) is 4.26. The van der Waals surface area contributed by atoms with E-state index < -0.39 is 16.5 Å². The molecule has 1 unspecified atom stereocenters. The SMILES string of the molecule is COc1c(C)cc(C(Br)c2cccc(F)c2F)cc1C. The van der Waals surface area contributed by atoms with Crippen molar-refractivity contribution >= 4 is 15.9 Å². The second-order valence-corrected chi connectivity index (χ2v) is 5.61. The van der Waals surface area contributed by atoms with Crippen molar-refractivity contribution in [2.45, 2.75) is 18.7 Å². The van der Waals surface area contributed by atoms with Gasteiger partial charge in [-0.05, 0) is 36.6 Å². The highest BCUT2D eigenvalue weighted by atomic mass is 79.9. The van der Waals surface area contributed by atoms with E-state index in [2.05, 4.69) is 15.9 Å². The quantitative estimate of drug-likeness (QED) is 0.708. The number of hydrogen-bond acceptors (Lipinski definition) is 1. The van der Waals surface area contributed by atoms with E-state index in [9.17, 15) is 8.78 Å². The van der Waals surface area contributed by atoms with Crippen molar-refractivity contribution in [2.24, 2.45) is 0 Å². The van der Waals surface area contributed by atoms with E-state index in [1.165, 1.54) is 6.07 Å². The van der Waals surface area contributed by atoms with E-state index in [1.807, 2.05) is 26.0 Å². The summed E-state index contributed by atoms with van der Waals surface area (Å²) >= 11 is 3.45. The molecular formula is C16H15BrF2O. The van der Waals surface area contributed by atoms with Gasteiger partial charge in [-0.3, -0.25) is 0 Å². The Balaban J connectivity index is 2.49. The van der Waals surface area contributed by atoms with Crippen LogP contribution in [-0.4, -0.2) is 7.11 Å². The van der Waals surface area contributed by atoms with Gasteiger partial charge in [-0.15, -0.1) is 0 Å². The molecule has 1 nitrogen and oxygen atoms in total. The van der Waals surface area contributed by atoms with Gasteiger partial charge in [0, 0.05) is 5.56 Å². The zero-order valence-electron chi connectivity index (χ0n) is 11.5. The predicted octanol–water partition coefficient (Wildman–Crippen LogP) is 5.07. The number of hydrogen-bond donors (Lipinski definition) is 0. The Labute approximate surface area is 125 Å². The molecule has 0 N–H and O–H groups in total. The van der Waals surface area contributed by atoms with Crippen molar-refractivity contribution in [1.29, 1.82) is 0 Å². The Bertz CT molecular complexity index is 617. The Hall–Kier alpha value is -1.42. The molecule has 0 aliphatic rings. The molecule has 106 valence electrons. The highest BCUT2D eigenvalue weighted by Gasteiger charge is 2.19. The number of benzene rings is 2. The summed E-state index contributed by atoms with van der Waals surface area (Å²) in [5.74, 6) is -0.845. The normalized spacial score (nSPS) is 12.3. The monoisotopic (exact) mass is 340 g/mol. The summed E-state index contributed by atoms with van der Waals surface area (Å²) in [6.45, 7) is 3.86. The molecule has 4 heteroatoms. The Kier molecular flexibility index (Phi) is 4.43. The van der Waals surface area contributed by atoms with E-state index in [0.29, 0.717) is 0 Å². The molecule has 20 heavy (non-hydrogen) atoms. The van der Waals surface area contributed by atoms with Crippen LogP contribution in [0.2, 0.25) is 0 Å². The topological polar surface area (TPSA) is 9.23 Å². The van der Waals surface area contributed by atoms with E-state index >= 15 is 0 Å². The Morgan fingerprint density at radius 1 is 1.10 bits per heavy atom. The van der Waals surface area contributed by atoms with Crippen LogP contribution in [-0.2, 0) is 0 Å².